The molecule has 1 N–H and O–H groups in total. The van der Waals surface area contributed by atoms with Gasteiger partial charge in [-0.2, -0.15) is 0 Å². The maximum atomic E-state index is 12.5. The van der Waals surface area contributed by atoms with Crippen LogP contribution in [0.4, 0.5) is 0 Å². The molecule has 140 valence electrons. The Hall–Kier alpha value is -1.91. The van der Waals surface area contributed by atoms with E-state index in [1.807, 2.05) is 13.8 Å². The maximum Gasteiger partial charge on any atom is 0.268 e. The molecule has 1 aliphatic rings. The number of aliphatic hydroxyl groups is 1. The van der Waals surface area contributed by atoms with Gasteiger partial charge in [0.25, 0.3) is 11.8 Å². The number of carbonyl (C=O) groups excluding carboxylic acids is 3. The van der Waals surface area contributed by atoms with Gasteiger partial charge in [0.05, 0.1) is 6.04 Å². The van der Waals surface area contributed by atoms with Crippen molar-refractivity contribution in [3.8, 4) is 0 Å². The number of carbonyl (C=O) groups is 3. The molecule has 0 unspecified atom stereocenters. The summed E-state index contributed by atoms with van der Waals surface area (Å²) >= 11 is 0. The highest BCUT2D eigenvalue weighted by Crippen LogP contribution is 2.29. The van der Waals surface area contributed by atoms with Gasteiger partial charge >= 0.3 is 0 Å². The molecule has 0 saturated carbocycles. The van der Waals surface area contributed by atoms with Crippen LogP contribution in [0.15, 0.2) is 23.5 Å². The van der Waals surface area contributed by atoms with Crippen LogP contribution in [0.5, 0.6) is 0 Å². The molecular formula is C20H31NO4. The van der Waals surface area contributed by atoms with Crippen molar-refractivity contribution in [1.82, 2.24) is 4.90 Å². The van der Waals surface area contributed by atoms with E-state index in [0.29, 0.717) is 6.42 Å². The predicted octanol–water partition coefficient (Wildman–Crippen LogP) is 4.09. The van der Waals surface area contributed by atoms with Crippen LogP contribution in [0, 0.1) is 5.92 Å². The van der Waals surface area contributed by atoms with Crippen LogP contribution in [-0.4, -0.2) is 33.6 Å². The number of amides is 2. The molecule has 1 atom stereocenters. The van der Waals surface area contributed by atoms with Crippen LogP contribution in [0.3, 0.4) is 0 Å². The first-order valence-corrected chi connectivity index (χ1v) is 9.29. The van der Waals surface area contributed by atoms with E-state index < -0.39 is 23.6 Å². The molecule has 0 spiro atoms. The molecule has 0 fully saturated rings. The number of rotatable bonds is 10. The number of aliphatic hydroxyl groups excluding tert-OH is 1. The molecule has 0 saturated heterocycles. The Balaban J connectivity index is 2.75. The molecule has 1 aliphatic heterocycles. The summed E-state index contributed by atoms with van der Waals surface area (Å²) in [5, 5.41) is 10.3. The van der Waals surface area contributed by atoms with Crippen molar-refractivity contribution < 1.29 is 19.5 Å². The summed E-state index contributed by atoms with van der Waals surface area (Å²) in [4.78, 5) is 37.6. The number of nitrogens with zero attached hydrogens (tertiary/aromatic N) is 1. The number of allylic oxidation sites excluding steroid dienone is 1. The van der Waals surface area contributed by atoms with E-state index in [-0.39, 0.29) is 17.3 Å². The maximum absolute atomic E-state index is 12.5. The van der Waals surface area contributed by atoms with Gasteiger partial charge < -0.3 is 5.11 Å². The highest BCUT2D eigenvalue weighted by molar-refractivity contribution is 6.24. The van der Waals surface area contributed by atoms with Gasteiger partial charge in [-0.05, 0) is 38.2 Å². The van der Waals surface area contributed by atoms with Gasteiger partial charge in [0.1, 0.15) is 11.3 Å². The summed E-state index contributed by atoms with van der Waals surface area (Å²) in [6.07, 6.45) is 10.1. The Morgan fingerprint density at radius 2 is 1.84 bits per heavy atom. The summed E-state index contributed by atoms with van der Waals surface area (Å²) in [7, 11) is 0. The summed E-state index contributed by atoms with van der Waals surface area (Å²) < 4.78 is 0. The molecule has 0 bridgehead atoms. The van der Waals surface area contributed by atoms with Crippen molar-refractivity contribution >= 4 is 17.6 Å². The second-order valence-electron chi connectivity index (χ2n) is 7.08. The third-order valence-corrected chi connectivity index (χ3v) is 4.34. The van der Waals surface area contributed by atoms with Crippen molar-refractivity contribution in [2.24, 2.45) is 5.92 Å². The molecular weight excluding hydrogens is 318 g/mol. The SMILES string of the molecule is CCCCCCC/C=C/C(=O)N1C(=O)C(C(C)=O)=C(O)[C@@H]1CC(C)C. The monoisotopic (exact) mass is 349 g/mol. The van der Waals surface area contributed by atoms with Gasteiger partial charge in [0.2, 0.25) is 0 Å². The van der Waals surface area contributed by atoms with Crippen LogP contribution in [0.1, 0.15) is 72.6 Å². The van der Waals surface area contributed by atoms with Crippen molar-refractivity contribution in [2.45, 2.75) is 78.7 Å². The van der Waals surface area contributed by atoms with Crippen LogP contribution in [0.2, 0.25) is 0 Å². The number of Topliss-reactive ketones (excluding diaryl/α,β-unsaturated/α-hetero) is 1. The normalized spacial score (nSPS) is 18.0. The molecule has 0 aromatic heterocycles. The highest BCUT2D eigenvalue weighted by atomic mass is 16.3. The smallest absolute Gasteiger partial charge is 0.268 e. The van der Waals surface area contributed by atoms with E-state index in [2.05, 4.69) is 6.92 Å². The van der Waals surface area contributed by atoms with Crippen LogP contribution in [-0.2, 0) is 14.4 Å². The second-order valence-corrected chi connectivity index (χ2v) is 7.08. The number of ketones is 1. The van der Waals surface area contributed by atoms with E-state index in [0.717, 1.165) is 24.2 Å². The lowest BCUT2D eigenvalue weighted by Gasteiger charge is -2.23. The van der Waals surface area contributed by atoms with Gasteiger partial charge in [0.15, 0.2) is 5.78 Å². The van der Waals surface area contributed by atoms with E-state index >= 15 is 0 Å². The molecule has 5 heteroatoms. The molecule has 25 heavy (non-hydrogen) atoms. The van der Waals surface area contributed by atoms with Crippen molar-refractivity contribution in [3.05, 3.63) is 23.5 Å². The first-order valence-electron chi connectivity index (χ1n) is 9.29. The zero-order chi connectivity index (χ0) is 19.0. The third kappa shape index (κ3) is 5.83. The third-order valence-electron chi connectivity index (χ3n) is 4.34. The van der Waals surface area contributed by atoms with Crippen LogP contribution >= 0.6 is 0 Å². The molecule has 0 aromatic carbocycles. The Morgan fingerprint density at radius 1 is 1.20 bits per heavy atom. The highest BCUT2D eigenvalue weighted by Gasteiger charge is 2.44. The van der Waals surface area contributed by atoms with Crippen molar-refractivity contribution in [3.63, 3.8) is 0 Å². The van der Waals surface area contributed by atoms with Gasteiger partial charge in [0, 0.05) is 0 Å². The number of hydrogen-bond acceptors (Lipinski definition) is 4. The number of hydrogen-bond donors (Lipinski definition) is 1. The largest absolute Gasteiger partial charge is 0.509 e. The lowest BCUT2D eigenvalue weighted by molar-refractivity contribution is -0.140. The standard InChI is InChI=1S/C20H31NO4/c1-5-6-7-8-9-10-11-12-17(23)21-16(13-14(2)3)19(24)18(15(4)22)20(21)25/h11-12,14,16,24H,5-10,13H2,1-4H3/b12-11+/t16-/m0/s1. The van der Waals surface area contributed by atoms with Crippen LogP contribution < -0.4 is 0 Å². The number of unbranched alkanes of at least 4 members (excludes halogenated alkanes) is 5. The zero-order valence-electron chi connectivity index (χ0n) is 15.9. The van der Waals surface area contributed by atoms with E-state index in [9.17, 15) is 19.5 Å². The van der Waals surface area contributed by atoms with Crippen molar-refractivity contribution in [2.75, 3.05) is 0 Å². The Bertz CT molecular complexity index is 560. The minimum atomic E-state index is -0.742. The van der Waals surface area contributed by atoms with Gasteiger partial charge in [-0.25, -0.2) is 0 Å². The first-order chi connectivity index (χ1) is 11.8. The minimum absolute atomic E-state index is 0.170. The Labute approximate surface area is 150 Å². The summed E-state index contributed by atoms with van der Waals surface area (Å²) in [5.41, 5.74) is -0.257. The zero-order valence-corrected chi connectivity index (χ0v) is 15.9. The molecule has 1 rings (SSSR count). The van der Waals surface area contributed by atoms with Crippen molar-refractivity contribution in [1.29, 1.82) is 0 Å². The fourth-order valence-corrected chi connectivity index (χ4v) is 3.04. The summed E-state index contributed by atoms with van der Waals surface area (Å²) in [6, 6.07) is -0.742. The average molecular weight is 349 g/mol. The molecule has 0 aliphatic carbocycles. The first kappa shape index (κ1) is 21.1. The average Bonchev–Trinajstić information content (AvgIpc) is 2.76. The molecule has 1 heterocycles. The second kappa shape index (κ2) is 10.2. The lowest BCUT2D eigenvalue weighted by atomic mass is 10.0. The van der Waals surface area contributed by atoms with Gasteiger partial charge in [-0.3, -0.25) is 19.3 Å². The summed E-state index contributed by atoms with van der Waals surface area (Å²) in [5.74, 6) is -1.76. The Morgan fingerprint density at radius 3 is 2.40 bits per heavy atom. The van der Waals surface area contributed by atoms with E-state index in [1.165, 1.54) is 32.3 Å². The lowest BCUT2D eigenvalue weighted by Crippen LogP contribution is -2.41. The molecule has 2 amide bonds. The van der Waals surface area contributed by atoms with E-state index in [1.54, 1.807) is 6.08 Å². The molecule has 5 nitrogen and oxygen atoms in total. The summed E-state index contributed by atoms with van der Waals surface area (Å²) in [6.45, 7) is 7.28. The van der Waals surface area contributed by atoms with E-state index in [4.69, 9.17) is 0 Å². The minimum Gasteiger partial charge on any atom is -0.509 e. The van der Waals surface area contributed by atoms with Gasteiger partial charge in [-0.1, -0.05) is 52.5 Å². The molecule has 0 aromatic rings. The topological polar surface area (TPSA) is 74.7 Å². The molecule has 0 radical (unpaired) electrons. The predicted molar refractivity (Wildman–Crippen MR) is 97.9 cm³/mol. The fraction of sp³-hybridized carbons (Fsp3) is 0.650. The fourth-order valence-electron chi connectivity index (χ4n) is 3.04. The van der Waals surface area contributed by atoms with Gasteiger partial charge in [-0.15, -0.1) is 0 Å². The Kier molecular flexibility index (Phi) is 8.59. The number of imide groups is 1. The quantitative estimate of drug-likeness (QED) is 0.366. The van der Waals surface area contributed by atoms with Crippen LogP contribution in [0.25, 0.3) is 0 Å².